The standard InChI is InChI=1S/C13H26N4/c1-12(2,3)17(9-7-13(4,5)14)10-11-6-8-15-16-11/h6,8H,7,9-10,14H2,1-5H3,(H,15,16). The van der Waals surface area contributed by atoms with Gasteiger partial charge >= 0.3 is 0 Å². The summed E-state index contributed by atoms with van der Waals surface area (Å²) in [4.78, 5) is 2.43. The van der Waals surface area contributed by atoms with Crippen molar-refractivity contribution >= 4 is 0 Å². The van der Waals surface area contributed by atoms with Crippen LogP contribution in [0.3, 0.4) is 0 Å². The van der Waals surface area contributed by atoms with E-state index in [0.29, 0.717) is 0 Å². The van der Waals surface area contributed by atoms with Gasteiger partial charge in [-0.25, -0.2) is 0 Å². The maximum absolute atomic E-state index is 6.05. The molecule has 0 fully saturated rings. The molecular formula is C13H26N4. The smallest absolute Gasteiger partial charge is 0.0492 e. The van der Waals surface area contributed by atoms with Crippen molar-refractivity contribution in [2.24, 2.45) is 5.73 Å². The Bertz CT molecular complexity index is 316. The number of hydrogen-bond acceptors (Lipinski definition) is 3. The molecule has 0 unspecified atom stereocenters. The Morgan fingerprint density at radius 1 is 1.29 bits per heavy atom. The summed E-state index contributed by atoms with van der Waals surface area (Å²) in [5.41, 5.74) is 7.22. The highest BCUT2D eigenvalue weighted by molar-refractivity contribution is 4.98. The molecule has 4 heteroatoms. The average Bonchev–Trinajstić information content (AvgIpc) is 2.60. The zero-order chi connectivity index (χ0) is 13.1. The molecule has 0 amide bonds. The van der Waals surface area contributed by atoms with Crippen molar-refractivity contribution in [3.8, 4) is 0 Å². The largest absolute Gasteiger partial charge is 0.326 e. The number of aromatic nitrogens is 2. The summed E-state index contributed by atoms with van der Waals surface area (Å²) in [6.07, 6.45) is 2.78. The van der Waals surface area contributed by atoms with Crippen LogP contribution < -0.4 is 5.73 Å². The molecule has 0 saturated carbocycles. The first-order valence-electron chi connectivity index (χ1n) is 6.21. The van der Waals surface area contributed by atoms with Gasteiger partial charge in [0.15, 0.2) is 0 Å². The Kier molecular flexibility index (Phi) is 4.33. The minimum atomic E-state index is -0.114. The van der Waals surface area contributed by atoms with Crippen LogP contribution in [0.25, 0.3) is 0 Å². The minimum absolute atomic E-state index is 0.114. The maximum Gasteiger partial charge on any atom is 0.0492 e. The quantitative estimate of drug-likeness (QED) is 0.826. The fourth-order valence-corrected chi connectivity index (χ4v) is 1.65. The van der Waals surface area contributed by atoms with Gasteiger partial charge in [-0.3, -0.25) is 10.00 Å². The number of nitrogens with two attached hydrogens (primary N) is 1. The number of aromatic amines is 1. The van der Waals surface area contributed by atoms with E-state index in [2.05, 4.69) is 49.7 Å². The molecule has 1 aromatic heterocycles. The summed E-state index contributed by atoms with van der Waals surface area (Å²) in [6, 6.07) is 2.02. The summed E-state index contributed by atoms with van der Waals surface area (Å²) < 4.78 is 0. The van der Waals surface area contributed by atoms with E-state index in [0.717, 1.165) is 25.2 Å². The molecule has 0 bridgehead atoms. The van der Waals surface area contributed by atoms with Crippen LogP contribution in [0.2, 0.25) is 0 Å². The van der Waals surface area contributed by atoms with E-state index in [1.807, 2.05) is 6.07 Å². The van der Waals surface area contributed by atoms with E-state index in [1.165, 1.54) is 0 Å². The topological polar surface area (TPSA) is 57.9 Å². The number of hydrogen-bond donors (Lipinski definition) is 2. The van der Waals surface area contributed by atoms with Crippen LogP contribution >= 0.6 is 0 Å². The van der Waals surface area contributed by atoms with Gasteiger partial charge in [-0.1, -0.05) is 0 Å². The SMILES string of the molecule is CC(C)(N)CCN(Cc1ccn[nH]1)C(C)(C)C. The highest BCUT2D eigenvalue weighted by Gasteiger charge is 2.23. The van der Waals surface area contributed by atoms with Crippen LogP contribution in [0.4, 0.5) is 0 Å². The average molecular weight is 238 g/mol. The van der Waals surface area contributed by atoms with Gasteiger partial charge in [-0.2, -0.15) is 5.10 Å². The number of nitrogens with zero attached hydrogens (tertiary/aromatic N) is 2. The third-order valence-corrected chi connectivity index (χ3v) is 2.89. The molecule has 0 saturated heterocycles. The van der Waals surface area contributed by atoms with Crippen molar-refractivity contribution in [1.29, 1.82) is 0 Å². The summed E-state index contributed by atoms with van der Waals surface area (Å²) >= 11 is 0. The van der Waals surface area contributed by atoms with Crippen molar-refractivity contribution in [1.82, 2.24) is 15.1 Å². The molecule has 0 aliphatic heterocycles. The van der Waals surface area contributed by atoms with Gasteiger partial charge in [-0.05, 0) is 47.1 Å². The highest BCUT2D eigenvalue weighted by atomic mass is 15.2. The van der Waals surface area contributed by atoms with Crippen LogP contribution in [0, 0.1) is 0 Å². The second kappa shape index (κ2) is 5.19. The Labute approximate surface area is 105 Å². The first-order valence-corrected chi connectivity index (χ1v) is 6.21. The van der Waals surface area contributed by atoms with Gasteiger partial charge in [0.05, 0.1) is 0 Å². The lowest BCUT2D eigenvalue weighted by Gasteiger charge is -2.37. The molecule has 0 aliphatic carbocycles. The number of nitrogens with one attached hydrogen (secondary N) is 1. The molecule has 98 valence electrons. The molecule has 0 radical (unpaired) electrons. The summed E-state index contributed by atoms with van der Waals surface area (Å²) in [5.74, 6) is 0. The maximum atomic E-state index is 6.05. The normalized spacial score (nSPS) is 13.4. The predicted molar refractivity (Wildman–Crippen MR) is 71.6 cm³/mol. The lowest BCUT2D eigenvalue weighted by Crippen LogP contribution is -2.45. The Balaban J connectivity index is 2.62. The van der Waals surface area contributed by atoms with Gasteiger partial charge in [0.25, 0.3) is 0 Å². The van der Waals surface area contributed by atoms with Crippen LogP contribution in [-0.2, 0) is 6.54 Å². The zero-order valence-corrected chi connectivity index (χ0v) is 11.7. The molecular weight excluding hydrogens is 212 g/mol. The summed E-state index contributed by atoms with van der Waals surface area (Å²) in [5, 5.41) is 7.00. The molecule has 0 atom stereocenters. The van der Waals surface area contributed by atoms with Crippen molar-refractivity contribution < 1.29 is 0 Å². The molecule has 0 aromatic carbocycles. The van der Waals surface area contributed by atoms with Gasteiger partial charge < -0.3 is 5.73 Å². The fraction of sp³-hybridized carbons (Fsp3) is 0.769. The summed E-state index contributed by atoms with van der Waals surface area (Å²) in [7, 11) is 0. The van der Waals surface area contributed by atoms with E-state index in [4.69, 9.17) is 5.73 Å². The molecule has 1 heterocycles. The molecule has 4 nitrogen and oxygen atoms in total. The van der Waals surface area contributed by atoms with Crippen molar-refractivity contribution in [3.05, 3.63) is 18.0 Å². The molecule has 17 heavy (non-hydrogen) atoms. The van der Waals surface area contributed by atoms with Crippen molar-refractivity contribution in [3.63, 3.8) is 0 Å². The minimum Gasteiger partial charge on any atom is -0.326 e. The van der Waals surface area contributed by atoms with Gasteiger partial charge in [0.1, 0.15) is 0 Å². The van der Waals surface area contributed by atoms with Gasteiger partial charge in [0.2, 0.25) is 0 Å². The second-order valence-corrected chi connectivity index (χ2v) is 6.41. The summed E-state index contributed by atoms with van der Waals surface area (Å²) in [6.45, 7) is 12.7. The van der Waals surface area contributed by atoms with Crippen LogP contribution in [-0.4, -0.2) is 32.7 Å². The molecule has 0 aliphatic rings. The van der Waals surface area contributed by atoms with E-state index in [9.17, 15) is 0 Å². The first kappa shape index (κ1) is 14.2. The van der Waals surface area contributed by atoms with E-state index in [-0.39, 0.29) is 11.1 Å². The van der Waals surface area contributed by atoms with Crippen LogP contribution in [0.1, 0.15) is 46.7 Å². The van der Waals surface area contributed by atoms with E-state index in [1.54, 1.807) is 6.20 Å². The second-order valence-electron chi connectivity index (χ2n) is 6.41. The monoisotopic (exact) mass is 238 g/mol. The van der Waals surface area contributed by atoms with E-state index < -0.39 is 0 Å². The third-order valence-electron chi connectivity index (χ3n) is 2.89. The fourth-order valence-electron chi connectivity index (χ4n) is 1.65. The zero-order valence-electron chi connectivity index (χ0n) is 11.7. The molecule has 1 rings (SSSR count). The predicted octanol–water partition coefficient (Wildman–Crippen LogP) is 2.14. The Morgan fingerprint density at radius 3 is 2.35 bits per heavy atom. The van der Waals surface area contributed by atoms with Gasteiger partial charge in [-0.15, -0.1) is 0 Å². The van der Waals surface area contributed by atoms with E-state index >= 15 is 0 Å². The van der Waals surface area contributed by atoms with Crippen LogP contribution in [0.15, 0.2) is 12.3 Å². The Morgan fingerprint density at radius 2 is 1.94 bits per heavy atom. The lowest BCUT2D eigenvalue weighted by atomic mass is 9.99. The third kappa shape index (κ3) is 5.33. The first-order chi connectivity index (χ1) is 7.68. The van der Waals surface area contributed by atoms with Crippen molar-refractivity contribution in [2.45, 2.75) is 58.7 Å². The molecule has 3 N–H and O–H groups in total. The number of rotatable bonds is 5. The molecule has 0 spiro atoms. The molecule has 1 aromatic rings. The van der Waals surface area contributed by atoms with Crippen molar-refractivity contribution in [2.75, 3.05) is 6.54 Å². The highest BCUT2D eigenvalue weighted by Crippen LogP contribution is 2.18. The van der Waals surface area contributed by atoms with Crippen LogP contribution in [0.5, 0.6) is 0 Å². The number of H-pyrrole nitrogens is 1. The Hall–Kier alpha value is -0.870. The van der Waals surface area contributed by atoms with Gasteiger partial charge in [0, 0.05) is 36.1 Å². The lowest BCUT2D eigenvalue weighted by molar-refractivity contribution is 0.116.